The number of hydrogen-bond acceptors (Lipinski definition) is 2. The Morgan fingerprint density at radius 3 is 2.82 bits per heavy atom. The minimum Gasteiger partial charge on any atom is -0.298 e. The number of rotatable bonds is 2. The number of benzene rings is 1. The lowest BCUT2D eigenvalue weighted by atomic mass is 10.0. The monoisotopic (exact) mass is 240 g/mol. The molecule has 0 amide bonds. The fourth-order valence-electron chi connectivity index (χ4n) is 1.55. The van der Waals surface area contributed by atoms with Crippen LogP contribution in [0.25, 0.3) is 0 Å². The molecule has 0 saturated heterocycles. The van der Waals surface area contributed by atoms with Crippen LogP contribution in [0, 0.1) is 11.8 Å². The van der Waals surface area contributed by atoms with E-state index in [-0.39, 0.29) is 0 Å². The summed E-state index contributed by atoms with van der Waals surface area (Å²) in [6, 6.07) is 9.74. The SMILES string of the molecule is CCc1cc(C#Cc2cccs2)cc(C=O)c1. The molecule has 1 aromatic carbocycles. The molecule has 0 unspecified atom stereocenters. The molecule has 0 N–H and O–H groups in total. The van der Waals surface area contributed by atoms with Gasteiger partial charge in [-0.2, -0.15) is 0 Å². The van der Waals surface area contributed by atoms with Crippen molar-refractivity contribution in [2.75, 3.05) is 0 Å². The first-order valence-electron chi connectivity index (χ1n) is 5.46. The molecule has 0 fully saturated rings. The zero-order chi connectivity index (χ0) is 12.1. The Morgan fingerprint density at radius 2 is 2.18 bits per heavy atom. The van der Waals surface area contributed by atoms with Crippen LogP contribution < -0.4 is 0 Å². The van der Waals surface area contributed by atoms with Gasteiger partial charge in [0.05, 0.1) is 4.88 Å². The van der Waals surface area contributed by atoms with E-state index in [4.69, 9.17) is 0 Å². The number of carbonyl (C=O) groups excluding carboxylic acids is 1. The second-order valence-electron chi connectivity index (χ2n) is 3.66. The predicted octanol–water partition coefficient (Wildman–Crippen LogP) is 3.52. The summed E-state index contributed by atoms with van der Waals surface area (Å²) >= 11 is 1.62. The smallest absolute Gasteiger partial charge is 0.150 e. The molecule has 0 radical (unpaired) electrons. The molecule has 84 valence electrons. The first-order valence-corrected chi connectivity index (χ1v) is 6.34. The van der Waals surface area contributed by atoms with Gasteiger partial charge in [-0.1, -0.05) is 24.8 Å². The summed E-state index contributed by atoms with van der Waals surface area (Å²) in [4.78, 5) is 11.9. The second kappa shape index (κ2) is 5.47. The van der Waals surface area contributed by atoms with Crippen molar-refractivity contribution < 1.29 is 4.79 Å². The van der Waals surface area contributed by atoms with Crippen LogP contribution in [-0.4, -0.2) is 6.29 Å². The second-order valence-corrected chi connectivity index (χ2v) is 4.61. The van der Waals surface area contributed by atoms with Gasteiger partial charge in [0.1, 0.15) is 6.29 Å². The fraction of sp³-hybridized carbons (Fsp3) is 0.133. The van der Waals surface area contributed by atoms with Crippen molar-refractivity contribution in [2.24, 2.45) is 0 Å². The molecule has 1 aromatic heterocycles. The molecule has 0 aliphatic rings. The maximum Gasteiger partial charge on any atom is 0.150 e. The Hall–Kier alpha value is -1.85. The minimum absolute atomic E-state index is 0.694. The largest absolute Gasteiger partial charge is 0.298 e. The highest BCUT2D eigenvalue weighted by molar-refractivity contribution is 7.10. The lowest BCUT2D eigenvalue weighted by molar-refractivity contribution is 0.112. The number of aldehydes is 1. The zero-order valence-corrected chi connectivity index (χ0v) is 10.4. The van der Waals surface area contributed by atoms with Gasteiger partial charge in [-0.25, -0.2) is 0 Å². The first-order chi connectivity index (χ1) is 8.31. The van der Waals surface area contributed by atoms with Gasteiger partial charge in [0.25, 0.3) is 0 Å². The predicted molar refractivity (Wildman–Crippen MR) is 71.5 cm³/mol. The van der Waals surface area contributed by atoms with Crippen molar-refractivity contribution in [1.82, 2.24) is 0 Å². The van der Waals surface area contributed by atoms with E-state index < -0.39 is 0 Å². The molecule has 0 spiro atoms. The van der Waals surface area contributed by atoms with Crippen LogP contribution in [-0.2, 0) is 6.42 Å². The molecule has 0 bridgehead atoms. The summed E-state index contributed by atoms with van der Waals surface area (Å²) in [5, 5.41) is 2.00. The maximum atomic E-state index is 10.8. The van der Waals surface area contributed by atoms with E-state index in [1.807, 2.05) is 35.7 Å². The van der Waals surface area contributed by atoms with Gasteiger partial charge in [-0.3, -0.25) is 4.79 Å². The van der Waals surface area contributed by atoms with E-state index in [1.165, 1.54) is 0 Å². The van der Waals surface area contributed by atoms with Gasteiger partial charge in [0.15, 0.2) is 0 Å². The third kappa shape index (κ3) is 3.05. The highest BCUT2D eigenvalue weighted by atomic mass is 32.1. The average molecular weight is 240 g/mol. The van der Waals surface area contributed by atoms with Gasteiger partial charge < -0.3 is 0 Å². The molecule has 17 heavy (non-hydrogen) atoms. The Labute approximate surface area is 105 Å². The van der Waals surface area contributed by atoms with Gasteiger partial charge in [0, 0.05) is 11.1 Å². The normalized spacial score (nSPS) is 9.47. The number of aryl methyl sites for hydroxylation is 1. The molecule has 2 rings (SSSR count). The van der Waals surface area contributed by atoms with Crippen molar-refractivity contribution in [2.45, 2.75) is 13.3 Å². The summed E-state index contributed by atoms with van der Waals surface area (Å²) in [6.45, 7) is 2.07. The number of thiophene rings is 1. The third-order valence-corrected chi connectivity index (χ3v) is 3.20. The van der Waals surface area contributed by atoms with Crippen LogP contribution in [0.5, 0.6) is 0 Å². The van der Waals surface area contributed by atoms with Crippen molar-refractivity contribution >= 4 is 17.6 Å². The van der Waals surface area contributed by atoms with E-state index in [0.29, 0.717) is 5.56 Å². The highest BCUT2D eigenvalue weighted by Crippen LogP contribution is 2.10. The minimum atomic E-state index is 0.694. The standard InChI is InChI=1S/C15H12OS/c1-2-12-8-13(10-14(9-12)11-16)5-6-15-4-3-7-17-15/h3-4,7-11H,2H2,1H3. The molecular formula is C15H12OS. The molecule has 0 aliphatic carbocycles. The van der Waals surface area contributed by atoms with Gasteiger partial charge in [0.2, 0.25) is 0 Å². The van der Waals surface area contributed by atoms with E-state index >= 15 is 0 Å². The average Bonchev–Trinajstić information content (AvgIpc) is 2.89. The van der Waals surface area contributed by atoms with Gasteiger partial charge >= 0.3 is 0 Å². The summed E-state index contributed by atoms with van der Waals surface area (Å²) in [5.74, 6) is 6.19. The molecule has 2 heteroatoms. The summed E-state index contributed by atoms with van der Waals surface area (Å²) in [5.41, 5.74) is 2.74. The zero-order valence-electron chi connectivity index (χ0n) is 9.57. The molecule has 0 aliphatic heterocycles. The molecule has 1 nitrogen and oxygen atoms in total. The Kier molecular flexibility index (Phi) is 3.74. The van der Waals surface area contributed by atoms with Crippen molar-refractivity contribution in [3.05, 3.63) is 57.3 Å². The molecule has 0 atom stereocenters. The first kappa shape index (κ1) is 11.6. The van der Waals surface area contributed by atoms with E-state index in [1.54, 1.807) is 11.3 Å². The Bertz CT molecular complexity index is 571. The van der Waals surface area contributed by atoms with Crippen LogP contribution in [0.4, 0.5) is 0 Å². The topological polar surface area (TPSA) is 17.1 Å². The number of carbonyl (C=O) groups is 1. The quantitative estimate of drug-likeness (QED) is 0.580. The fourth-order valence-corrected chi connectivity index (χ4v) is 2.12. The maximum absolute atomic E-state index is 10.8. The van der Waals surface area contributed by atoms with E-state index in [2.05, 4.69) is 18.8 Å². The summed E-state index contributed by atoms with van der Waals surface area (Å²) in [6.07, 6.45) is 1.78. The van der Waals surface area contributed by atoms with E-state index in [9.17, 15) is 4.79 Å². The van der Waals surface area contributed by atoms with Crippen molar-refractivity contribution in [3.8, 4) is 11.8 Å². The molecule has 1 heterocycles. The number of hydrogen-bond donors (Lipinski definition) is 0. The van der Waals surface area contributed by atoms with Crippen LogP contribution in [0.3, 0.4) is 0 Å². The van der Waals surface area contributed by atoms with Crippen molar-refractivity contribution in [3.63, 3.8) is 0 Å². The molecule has 2 aromatic rings. The lowest BCUT2D eigenvalue weighted by Gasteiger charge is -1.99. The Balaban J connectivity index is 2.35. The van der Waals surface area contributed by atoms with Gasteiger partial charge in [-0.05, 0) is 41.6 Å². The van der Waals surface area contributed by atoms with Crippen LogP contribution in [0.15, 0.2) is 35.7 Å². The summed E-state index contributed by atoms with van der Waals surface area (Å²) < 4.78 is 0. The summed E-state index contributed by atoms with van der Waals surface area (Å²) in [7, 11) is 0. The van der Waals surface area contributed by atoms with Gasteiger partial charge in [-0.15, -0.1) is 11.3 Å². The highest BCUT2D eigenvalue weighted by Gasteiger charge is 1.97. The van der Waals surface area contributed by atoms with Crippen molar-refractivity contribution in [1.29, 1.82) is 0 Å². The Morgan fingerprint density at radius 1 is 1.29 bits per heavy atom. The van der Waals surface area contributed by atoms with Crippen LogP contribution in [0.2, 0.25) is 0 Å². The molecular weight excluding hydrogens is 228 g/mol. The van der Waals surface area contributed by atoms with E-state index in [0.717, 1.165) is 28.7 Å². The third-order valence-electron chi connectivity index (χ3n) is 2.41. The van der Waals surface area contributed by atoms with Crippen LogP contribution >= 0.6 is 11.3 Å². The molecule has 0 saturated carbocycles. The lowest BCUT2D eigenvalue weighted by Crippen LogP contribution is -1.88. The van der Waals surface area contributed by atoms with Crippen LogP contribution in [0.1, 0.15) is 33.3 Å².